The van der Waals surface area contributed by atoms with E-state index in [9.17, 15) is 0 Å². The molecule has 0 bridgehead atoms. The van der Waals surface area contributed by atoms with E-state index in [1.807, 2.05) is 6.92 Å². The van der Waals surface area contributed by atoms with Gasteiger partial charge < -0.3 is 0 Å². The van der Waals surface area contributed by atoms with Gasteiger partial charge in [0.15, 0.2) is 0 Å². The normalized spacial score (nSPS) is 9.50. The van der Waals surface area contributed by atoms with Crippen LogP contribution in [0.2, 0.25) is 10.0 Å². The van der Waals surface area contributed by atoms with Gasteiger partial charge in [0.25, 0.3) is 0 Å². The second-order valence-electron chi connectivity index (χ2n) is 2.53. The highest BCUT2D eigenvalue weighted by molar-refractivity contribution is 6.42. The maximum Gasteiger partial charge on any atom is 0.0669 e. The lowest BCUT2D eigenvalue weighted by molar-refractivity contribution is 1.21. The van der Waals surface area contributed by atoms with Crippen molar-refractivity contribution in [3.63, 3.8) is 0 Å². The average Bonchev–Trinajstić information content (AvgIpc) is 2.01. The molecule has 1 nitrogen and oxygen atoms in total. The standard InChI is InChI=1S/C9H7Cl2N/c1-6-4-8(10)9(11)5-7(6)2-3-12/h4-5H,2H2,1H3. The summed E-state index contributed by atoms with van der Waals surface area (Å²) < 4.78 is 0. The van der Waals surface area contributed by atoms with Gasteiger partial charge >= 0.3 is 0 Å². The fourth-order valence-corrected chi connectivity index (χ4v) is 1.37. The zero-order valence-corrected chi connectivity index (χ0v) is 8.08. The van der Waals surface area contributed by atoms with E-state index in [1.54, 1.807) is 12.1 Å². The van der Waals surface area contributed by atoms with Gasteiger partial charge in [-0.1, -0.05) is 23.2 Å². The molecule has 12 heavy (non-hydrogen) atoms. The van der Waals surface area contributed by atoms with Gasteiger partial charge in [0.1, 0.15) is 0 Å². The Morgan fingerprint density at radius 1 is 1.33 bits per heavy atom. The summed E-state index contributed by atoms with van der Waals surface area (Å²) in [4.78, 5) is 0. The van der Waals surface area contributed by atoms with Crippen molar-refractivity contribution in [1.29, 1.82) is 5.26 Å². The molecule has 0 atom stereocenters. The van der Waals surface area contributed by atoms with E-state index < -0.39 is 0 Å². The average molecular weight is 200 g/mol. The number of benzene rings is 1. The lowest BCUT2D eigenvalue weighted by Crippen LogP contribution is -1.87. The highest BCUT2D eigenvalue weighted by atomic mass is 35.5. The van der Waals surface area contributed by atoms with Crippen LogP contribution in [0.3, 0.4) is 0 Å². The molecule has 0 fully saturated rings. The fraction of sp³-hybridized carbons (Fsp3) is 0.222. The topological polar surface area (TPSA) is 23.8 Å². The van der Waals surface area contributed by atoms with E-state index in [-0.39, 0.29) is 0 Å². The van der Waals surface area contributed by atoms with Crippen molar-refractivity contribution in [1.82, 2.24) is 0 Å². The third-order valence-corrected chi connectivity index (χ3v) is 2.37. The number of nitriles is 1. The van der Waals surface area contributed by atoms with Crippen LogP contribution < -0.4 is 0 Å². The van der Waals surface area contributed by atoms with Crippen LogP contribution in [0.1, 0.15) is 11.1 Å². The van der Waals surface area contributed by atoms with Gasteiger partial charge in [-0.3, -0.25) is 0 Å². The first-order chi connectivity index (χ1) is 5.65. The minimum atomic E-state index is 0.378. The predicted octanol–water partition coefficient (Wildman–Crippen LogP) is 3.37. The zero-order valence-electron chi connectivity index (χ0n) is 6.56. The molecule has 62 valence electrons. The number of halogens is 2. The summed E-state index contributed by atoms with van der Waals surface area (Å²) in [5.41, 5.74) is 1.94. The Bertz CT molecular complexity index is 339. The van der Waals surface area contributed by atoms with Gasteiger partial charge in [-0.2, -0.15) is 5.26 Å². The molecule has 1 aromatic carbocycles. The second kappa shape index (κ2) is 3.80. The first-order valence-electron chi connectivity index (χ1n) is 3.46. The highest BCUT2D eigenvalue weighted by Gasteiger charge is 2.03. The van der Waals surface area contributed by atoms with E-state index >= 15 is 0 Å². The van der Waals surface area contributed by atoms with E-state index in [4.69, 9.17) is 28.5 Å². The fourth-order valence-electron chi connectivity index (χ4n) is 0.963. The molecular formula is C9H7Cl2N. The molecule has 0 aliphatic heterocycles. The Balaban J connectivity index is 3.16. The number of hydrogen-bond donors (Lipinski definition) is 0. The van der Waals surface area contributed by atoms with Crippen LogP contribution >= 0.6 is 23.2 Å². The highest BCUT2D eigenvalue weighted by Crippen LogP contribution is 2.25. The SMILES string of the molecule is Cc1cc(Cl)c(Cl)cc1CC#N. The molecule has 0 saturated heterocycles. The lowest BCUT2D eigenvalue weighted by Gasteiger charge is -2.03. The van der Waals surface area contributed by atoms with Crippen LogP contribution in [0.15, 0.2) is 12.1 Å². The molecule has 1 rings (SSSR count). The largest absolute Gasteiger partial charge is 0.198 e. The van der Waals surface area contributed by atoms with E-state index in [2.05, 4.69) is 6.07 Å². The van der Waals surface area contributed by atoms with Crippen LogP contribution in [-0.4, -0.2) is 0 Å². The van der Waals surface area contributed by atoms with Crippen molar-refractivity contribution < 1.29 is 0 Å². The summed E-state index contributed by atoms with van der Waals surface area (Å²) in [7, 11) is 0. The quantitative estimate of drug-likeness (QED) is 0.681. The van der Waals surface area contributed by atoms with E-state index in [0.717, 1.165) is 11.1 Å². The molecule has 0 amide bonds. The smallest absolute Gasteiger partial charge is 0.0669 e. The van der Waals surface area contributed by atoms with Crippen LogP contribution in [0.25, 0.3) is 0 Å². The summed E-state index contributed by atoms with van der Waals surface area (Å²) in [5.74, 6) is 0. The number of aryl methyl sites for hydroxylation is 1. The van der Waals surface area contributed by atoms with Crippen molar-refractivity contribution in [3.05, 3.63) is 33.3 Å². The van der Waals surface area contributed by atoms with Crippen LogP contribution in [0.5, 0.6) is 0 Å². The number of rotatable bonds is 1. The summed E-state index contributed by atoms with van der Waals surface area (Å²) in [6.07, 6.45) is 0.378. The second-order valence-corrected chi connectivity index (χ2v) is 3.34. The molecule has 0 aliphatic carbocycles. The Kier molecular flexibility index (Phi) is 2.97. The van der Waals surface area contributed by atoms with Gasteiger partial charge in [0.05, 0.1) is 22.5 Å². The Labute approximate surface area is 81.5 Å². The van der Waals surface area contributed by atoms with E-state index in [0.29, 0.717) is 16.5 Å². The van der Waals surface area contributed by atoms with E-state index in [1.165, 1.54) is 0 Å². The summed E-state index contributed by atoms with van der Waals surface area (Å²) in [5, 5.41) is 9.52. The molecule has 0 heterocycles. The third kappa shape index (κ3) is 1.91. The Hall–Kier alpha value is -0.710. The van der Waals surface area contributed by atoms with Gasteiger partial charge in [0.2, 0.25) is 0 Å². The van der Waals surface area contributed by atoms with Crippen molar-refractivity contribution >= 4 is 23.2 Å². The first-order valence-corrected chi connectivity index (χ1v) is 4.22. The van der Waals surface area contributed by atoms with Crippen LogP contribution in [-0.2, 0) is 6.42 Å². The monoisotopic (exact) mass is 199 g/mol. The maximum absolute atomic E-state index is 8.48. The molecule has 1 aromatic rings. The lowest BCUT2D eigenvalue weighted by atomic mass is 10.1. The van der Waals surface area contributed by atoms with Gasteiger partial charge in [-0.15, -0.1) is 0 Å². The molecule has 0 spiro atoms. The van der Waals surface area contributed by atoms with Crippen LogP contribution in [0.4, 0.5) is 0 Å². The van der Waals surface area contributed by atoms with Crippen molar-refractivity contribution in [2.24, 2.45) is 0 Å². The summed E-state index contributed by atoms with van der Waals surface area (Å²) in [6, 6.07) is 5.58. The molecule has 0 radical (unpaired) electrons. The first kappa shape index (κ1) is 9.38. The molecule has 0 aliphatic rings. The number of nitrogens with zero attached hydrogens (tertiary/aromatic N) is 1. The molecule has 0 aromatic heterocycles. The molecular weight excluding hydrogens is 193 g/mol. The predicted molar refractivity (Wildman–Crippen MR) is 50.5 cm³/mol. The third-order valence-electron chi connectivity index (χ3n) is 1.65. The molecule has 0 N–H and O–H groups in total. The van der Waals surface area contributed by atoms with Crippen molar-refractivity contribution in [2.45, 2.75) is 13.3 Å². The Morgan fingerprint density at radius 3 is 2.50 bits per heavy atom. The molecule has 0 unspecified atom stereocenters. The van der Waals surface area contributed by atoms with Crippen molar-refractivity contribution in [3.8, 4) is 6.07 Å². The van der Waals surface area contributed by atoms with Crippen LogP contribution in [0, 0.1) is 18.3 Å². The minimum Gasteiger partial charge on any atom is -0.198 e. The van der Waals surface area contributed by atoms with Gasteiger partial charge in [-0.25, -0.2) is 0 Å². The molecule has 3 heteroatoms. The van der Waals surface area contributed by atoms with Gasteiger partial charge in [0, 0.05) is 0 Å². The van der Waals surface area contributed by atoms with Gasteiger partial charge in [-0.05, 0) is 30.2 Å². The summed E-state index contributed by atoms with van der Waals surface area (Å²) in [6.45, 7) is 1.91. The minimum absolute atomic E-state index is 0.378. The van der Waals surface area contributed by atoms with Crippen molar-refractivity contribution in [2.75, 3.05) is 0 Å². The maximum atomic E-state index is 8.48. The Morgan fingerprint density at radius 2 is 1.92 bits per heavy atom. The summed E-state index contributed by atoms with van der Waals surface area (Å²) >= 11 is 11.6. The molecule has 0 saturated carbocycles. The zero-order chi connectivity index (χ0) is 9.14. The number of hydrogen-bond acceptors (Lipinski definition) is 1.